The number of aliphatic hydroxyl groups is 1. The maximum atomic E-state index is 9.01. The SMILES string of the molecule is CC(CO)CCCNC1CC(C)CCC1C(C)C. The third kappa shape index (κ3) is 5.27. The van der Waals surface area contributed by atoms with Gasteiger partial charge in [0.25, 0.3) is 0 Å². The van der Waals surface area contributed by atoms with Crippen LogP contribution >= 0.6 is 0 Å². The minimum Gasteiger partial charge on any atom is -0.396 e. The predicted molar refractivity (Wildman–Crippen MR) is 78.6 cm³/mol. The molecule has 0 aliphatic heterocycles. The summed E-state index contributed by atoms with van der Waals surface area (Å²) in [5.41, 5.74) is 0. The highest BCUT2D eigenvalue weighted by Crippen LogP contribution is 2.33. The molecule has 0 saturated heterocycles. The molecule has 0 aromatic heterocycles. The Morgan fingerprint density at radius 2 is 1.94 bits per heavy atom. The summed E-state index contributed by atoms with van der Waals surface area (Å²) in [6.45, 7) is 10.7. The molecule has 0 bridgehead atoms. The van der Waals surface area contributed by atoms with E-state index in [2.05, 4.69) is 33.0 Å². The zero-order valence-electron chi connectivity index (χ0n) is 12.8. The van der Waals surface area contributed by atoms with Crippen molar-refractivity contribution in [3.8, 4) is 0 Å². The molecule has 18 heavy (non-hydrogen) atoms. The normalized spacial score (nSPS) is 30.7. The van der Waals surface area contributed by atoms with Gasteiger partial charge in [0.1, 0.15) is 0 Å². The largest absolute Gasteiger partial charge is 0.396 e. The first-order valence-corrected chi connectivity index (χ1v) is 7.88. The lowest BCUT2D eigenvalue weighted by atomic mass is 9.74. The minimum absolute atomic E-state index is 0.328. The van der Waals surface area contributed by atoms with Crippen molar-refractivity contribution in [3.05, 3.63) is 0 Å². The highest BCUT2D eigenvalue weighted by atomic mass is 16.3. The molecule has 1 aliphatic rings. The van der Waals surface area contributed by atoms with Crippen LogP contribution < -0.4 is 5.32 Å². The van der Waals surface area contributed by atoms with Crippen LogP contribution in [0.15, 0.2) is 0 Å². The Morgan fingerprint density at radius 1 is 1.22 bits per heavy atom. The van der Waals surface area contributed by atoms with E-state index >= 15 is 0 Å². The van der Waals surface area contributed by atoms with E-state index in [1.807, 2.05) is 0 Å². The molecule has 0 radical (unpaired) electrons. The van der Waals surface area contributed by atoms with Crippen molar-refractivity contribution in [2.75, 3.05) is 13.2 Å². The summed E-state index contributed by atoms with van der Waals surface area (Å²) in [7, 11) is 0. The van der Waals surface area contributed by atoms with Gasteiger partial charge in [-0.1, -0.05) is 34.1 Å². The van der Waals surface area contributed by atoms with Crippen molar-refractivity contribution in [1.29, 1.82) is 0 Å². The second kappa shape index (κ2) is 8.16. The molecule has 1 fully saturated rings. The number of rotatable bonds is 7. The molecule has 0 aromatic carbocycles. The molecule has 108 valence electrons. The van der Waals surface area contributed by atoms with Crippen LogP contribution in [0.25, 0.3) is 0 Å². The van der Waals surface area contributed by atoms with E-state index in [4.69, 9.17) is 5.11 Å². The van der Waals surface area contributed by atoms with Crippen molar-refractivity contribution < 1.29 is 5.11 Å². The average Bonchev–Trinajstić information content (AvgIpc) is 2.34. The second-order valence-electron chi connectivity index (χ2n) is 6.82. The summed E-state index contributed by atoms with van der Waals surface area (Å²) in [6.07, 6.45) is 6.47. The lowest BCUT2D eigenvalue weighted by Gasteiger charge is -2.38. The van der Waals surface area contributed by atoms with Crippen molar-refractivity contribution >= 4 is 0 Å². The maximum absolute atomic E-state index is 9.01. The molecule has 0 amide bonds. The van der Waals surface area contributed by atoms with Gasteiger partial charge in [0, 0.05) is 12.6 Å². The van der Waals surface area contributed by atoms with Gasteiger partial charge in [0.15, 0.2) is 0 Å². The summed E-state index contributed by atoms with van der Waals surface area (Å²) in [6, 6.07) is 0.721. The van der Waals surface area contributed by atoms with Crippen molar-refractivity contribution in [2.24, 2.45) is 23.7 Å². The molecular formula is C16H33NO. The lowest BCUT2D eigenvalue weighted by Crippen LogP contribution is -2.43. The number of hydrogen-bond acceptors (Lipinski definition) is 2. The first kappa shape index (κ1) is 16.0. The minimum atomic E-state index is 0.328. The molecule has 0 spiro atoms. The fourth-order valence-electron chi connectivity index (χ4n) is 3.27. The number of aliphatic hydroxyl groups excluding tert-OH is 1. The van der Waals surface area contributed by atoms with Crippen LogP contribution in [-0.2, 0) is 0 Å². The van der Waals surface area contributed by atoms with Crippen molar-refractivity contribution in [1.82, 2.24) is 5.32 Å². The summed E-state index contributed by atoms with van der Waals surface area (Å²) in [5, 5.41) is 12.8. The Labute approximate surface area is 114 Å². The highest BCUT2D eigenvalue weighted by Gasteiger charge is 2.29. The first-order chi connectivity index (χ1) is 8.54. The van der Waals surface area contributed by atoms with E-state index in [0.29, 0.717) is 12.5 Å². The van der Waals surface area contributed by atoms with Gasteiger partial charge in [0.05, 0.1) is 0 Å². The van der Waals surface area contributed by atoms with E-state index in [1.54, 1.807) is 0 Å². The van der Waals surface area contributed by atoms with E-state index in [-0.39, 0.29) is 0 Å². The van der Waals surface area contributed by atoms with Gasteiger partial charge in [0.2, 0.25) is 0 Å². The van der Waals surface area contributed by atoms with Gasteiger partial charge in [-0.05, 0) is 55.9 Å². The zero-order valence-corrected chi connectivity index (χ0v) is 12.8. The summed E-state index contributed by atoms with van der Waals surface area (Å²) < 4.78 is 0. The molecule has 4 unspecified atom stereocenters. The fourth-order valence-corrected chi connectivity index (χ4v) is 3.27. The predicted octanol–water partition coefficient (Wildman–Crippen LogP) is 3.45. The smallest absolute Gasteiger partial charge is 0.0456 e. The van der Waals surface area contributed by atoms with Crippen LogP contribution in [0, 0.1) is 23.7 Å². The quantitative estimate of drug-likeness (QED) is 0.683. The Balaban J connectivity index is 2.28. The van der Waals surface area contributed by atoms with Gasteiger partial charge in [-0.15, -0.1) is 0 Å². The molecule has 2 N–H and O–H groups in total. The summed E-state index contributed by atoms with van der Waals surface area (Å²) >= 11 is 0. The van der Waals surface area contributed by atoms with E-state index in [1.165, 1.54) is 25.7 Å². The molecule has 1 saturated carbocycles. The van der Waals surface area contributed by atoms with Crippen LogP contribution in [-0.4, -0.2) is 24.3 Å². The molecular weight excluding hydrogens is 222 g/mol. The van der Waals surface area contributed by atoms with E-state index in [0.717, 1.165) is 36.8 Å². The third-order valence-electron chi connectivity index (χ3n) is 4.61. The van der Waals surface area contributed by atoms with Gasteiger partial charge in [-0.3, -0.25) is 0 Å². The van der Waals surface area contributed by atoms with Crippen LogP contribution in [0.4, 0.5) is 0 Å². The molecule has 0 heterocycles. The topological polar surface area (TPSA) is 32.3 Å². The van der Waals surface area contributed by atoms with E-state index in [9.17, 15) is 0 Å². The van der Waals surface area contributed by atoms with Crippen molar-refractivity contribution in [3.63, 3.8) is 0 Å². The molecule has 2 nitrogen and oxygen atoms in total. The van der Waals surface area contributed by atoms with Crippen LogP contribution in [0.1, 0.15) is 59.8 Å². The van der Waals surface area contributed by atoms with Crippen molar-refractivity contribution in [2.45, 2.75) is 65.8 Å². The maximum Gasteiger partial charge on any atom is 0.0456 e. The molecule has 1 rings (SSSR count). The third-order valence-corrected chi connectivity index (χ3v) is 4.61. The molecule has 2 heteroatoms. The molecule has 1 aliphatic carbocycles. The van der Waals surface area contributed by atoms with Crippen LogP contribution in [0.5, 0.6) is 0 Å². The zero-order chi connectivity index (χ0) is 13.5. The Kier molecular flexibility index (Phi) is 7.25. The number of hydrogen-bond donors (Lipinski definition) is 2. The Morgan fingerprint density at radius 3 is 2.56 bits per heavy atom. The summed E-state index contributed by atoms with van der Waals surface area (Å²) in [5.74, 6) is 3.00. The lowest BCUT2D eigenvalue weighted by molar-refractivity contribution is 0.168. The Hall–Kier alpha value is -0.0800. The van der Waals surface area contributed by atoms with Crippen LogP contribution in [0.3, 0.4) is 0 Å². The first-order valence-electron chi connectivity index (χ1n) is 7.88. The van der Waals surface area contributed by atoms with Gasteiger partial charge >= 0.3 is 0 Å². The second-order valence-corrected chi connectivity index (χ2v) is 6.82. The van der Waals surface area contributed by atoms with Gasteiger partial charge in [-0.2, -0.15) is 0 Å². The summed E-state index contributed by atoms with van der Waals surface area (Å²) in [4.78, 5) is 0. The number of nitrogens with one attached hydrogen (secondary N) is 1. The van der Waals surface area contributed by atoms with E-state index < -0.39 is 0 Å². The standard InChI is InChI=1S/C16H33NO/c1-12(2)15-8-7-13(3)10-16(15)17-9-5-6-14(4)11-18/h12-18H,5-11H2,1-4H3. The average molecular weight is 255 g/mol. The molecule has 0 aromatic rings. The van der Waals surface area contributed by atoms with Gasteiger partial charge in [-0.25, -0.2) is 0 Å². The fraction of sp³-hybridized carbons (Fsp3) is 1.00. The highest BCUT2D eigenvalue weighted by molar-refractivity contribution is 4.85. The van der Waals surface area contributed by atoms with Crippen LogP contribution in [0.2, 0.25) is 0 Å². The Bertz CT molecular complexity index is 217. The monoisotopic (exact) mass is 255 g/mol. The van der Waals surface area contributed by atoms with Gasteiger partial charge < -0.3 is 10.4 Å². The molecule has 4 atom stereocenters.